The molecule has 0 saturated carbocycles. The van der Waals surface area contributed by atoms with Gasteiger partial charge in [0.25, 0.3) is 0 Å². The molecule has 0 aromatic carbocycles. The maximum absolute atomic E-state index is 13.1. The van der Waals surface area contributed by atoms with E-state index in [2.05, 4.69) is 0 Å². The monoisotopic (exact) mass is 300 g/mol. The summed E-state index contributed by atoms with van der Waals surface area (Å²) in [5, 5.41) is 0. The summed E-state index contributed by atoms with van der Waals surface area (Å²) in [5.41, 5.74) is -0.554. The number of thioether (sulfide) groups is 1. The standard InChI is InChI=1S/C12H16F4O2S/c13-10(14)12(15,16)9(17)8-1-4-18-11(7-8)2-5-19-6-3-11/h8,10H,1-7H2. The highest BCUT2D eigenvalue weighted by molar-refractivity contribution is 7.99. The topological polar surface area (TPSA) is 26.3 Å². The van der Waals surface area contributed by atoms with Crippen LogP contribution >= 0.6 is 11.8 Å². The molecule has 0 radical (unpaired) electrons. The zero-order valence-corrected chi connectivity index (χ0v) is 11.2. The van der Waals surface area contributed by atoms with Gasteiger partial charge in [0.2, 0.25) is 5.78 Å². The molecule has 2 nitrogen and oxygen atoms in total. The fourth-order valence-corrected chi connectivity index (χ4v) is 3.96. The van der Waals surface area contributed by atoms with E-state index in [1.165, 1.54) is 0 Å². The van der Waals surface area contributed by atoms with E-state index >= 15 is 0 Å². The number of rotatable bonds is 3. The second-order valence-electron chi connectivity index (χ2n) is 5.12. The molecular formula is C12H16F4O2S. The van der Waals surface area contributed by atoms with E-state index < -0.39 is 29.7 Å². The molecular weight excluding hydrogens is 284 g/mol. The van der Waals surface area contributed by atoms with E-state index in [0.717, 1.165) is 11.5 Å². The van der Waals surface area contributed by atoms with Gasteiger partial charge < -0.3 is 4.74 Å². The van der Waals surface area contributed by atoms with E-state index in [0.29, 0.717) is 12.8 Å². The molecule has 1 unspecified atom stereocenters. The predicted octanol–water partition coefficient (Wildman–Crippen LogP) is 3.15. The van der Waals surface area contributed by atoms with E-state index in [1.54, 1.807) is 11.8 Å². The third-order valence-electron chi connectivity index (χ3n) is 3.87. The Morgan fingerprint density at radius 1 is 1.32 bits per heavy atom. The molecule has 2 aliphatic rings. The number of ether oxygens (including phenoxy) is 1. The van der Waals surface area contributed by atoms with Crippen LogP contribution in [0.5, 0.6) is 0 Å². The molecule has 0 aliphatic carbocycles. The molecule has 2 heterocycles. The van der Waals surface area contributed by atoms with Crippen molar-refractivity contribution in [1.82, 2.24) is 0 Å². The normalized spacial score (nSPS) is 27.7. The smallest absolute Gasteiger partial charge is 0.364 e. The Labute approximate surface area is 113 Å². The quantitative estimate of drug-likeness (QED) is 0.749. The highest BCUT2D eigenvalue weighted by Gasteiger charge is 2.53. The molecule has 2 aliphatic heterocycles. The lowest BCUT2D eigenvalue weighted by atomic mass is 9.79. The van der Waals surface area contributed by atoms with Crippen molar-refractivity contribution in [3.63, 3.8) is 0 Å². The molecule has 1 spiro atoms. The summed E-state index contributed by atoms with van der Waals surface area (Å²) in [6.07, 6.45) is -2.28. The van der Waals surface area contributed by atoms with Gasteiger partial charge in [0.15, 0.2) is 0 Å². The third kappa shape index (κ3) is 3.07. The zero-order valence-electron chi connectivity index (χ0n) is 10.3. The zero-order chi connectivity index (χ0) is 14.1. The van der Waals surface area contributed by atoms with E-state index in [9.17, 15) is 22.4 Å². The maximum atomic E-state index is 13.1. The van der Waals surface area contributed by atoms with Gasteiger partial charge in [-0.05, 0) is 37.2 Å². The molecule has 0 amide bonds. The van der Waals surface area contributed by atoms with Crippen LogP contribution in [-0.4, -0.2) is 41.8 Å². The summed E-state index contributed by atoms with van der Waals surface area (Å²) < 4.78 is 56.4. The summed E-state index contributed by atoms with van der Waals surface area (Å²) in [6, 6.07) is 0. The van der Waals surface area contributed by atoms with Gasteiger partial charge in [-0.3, -0.25) is 4.79 Å². The third-order valence-corrected chi connectivity index (χ3v) is 4.86. The molecule has 0 aromatic heterocycles. The van der Waals surface area contributed by atoms with E-state index in [-0.39, 0.29) is 19.4 Å². The first-order chi connectivity index (χ1) is 8.87. The first-order valence-electron chi connectivity index (χ1n) is 6.29. The fraction of sp³-hybridized carbons (Fsp3) is 0.917. The Balaban J connectivity index is 2.07. The molecule has 2 fully saturated rings. The number of hydrogen-bond donors (Lipinski definition) is 0. The SMILES string of the molecule is O=C(C1CCOC2(CCSCC2)C1)C(F)(F)C(F)F. The summed E-state index contributed by atoms with van der Waals surface area (Å²) in [4.78, 5) is 11.6. The fourth-order valence-electron chi connectivity index (χ4n) is 2.72. The second kappa shape index (κ2) is 5.60. The molecule has 0 N–H and O–H groups in total. The van der Waals surface area contributed by atoms with Crippen LogP contribution in [0.15, 0.2) is 0 Å². The first kappa shape index (κ1) is 15.1. The van der Waals surface area contributed by atoms with Gasteiger partial charge in [0, 0.05) is 12.5 Å². The Bertz CT molecular complexity index is 337. The van der Waals surface area contributed by atoms with Gasteiger partial charge in [0.05, 0.1) is 5.60 Å². The van der Waals surface area contributed by atoms with Crippen molar-refractivity contribution >= 4 is 17.5 Å². The first-order valence-corrected chi connectivity index (χ1v) is 7.45. The van der Waals surface area contributed by atoms with Crippen molar-refractivity contribution in [3.05, 3.63) is 0 Å². The van der Waals surface area contributed by atoms with Crippen LogP contribution in [0.4, 0.5) is 17.6 Å². The highest BCUT2D eigenvalue weighted by Crippen LogP contribution is 2.42. The lowest BCUT2D eigenvalue weighted by Gasteiger charge is -2.43. The number of carbonyl (C=O) groups is 1. The van der Waals surface area contributed by atoms with Crippen LogP contribution in [0, 0.1) is 5.92 Å². The Morgan fingerprint density at radius 3 is 2.53 bits per heavy atom. The van der Waals surface area contributed by atoms with Gasteiger partial charge in [-0.1, -0.05) is 0 Å². The molecule has 0 aromatic rings. The van der Waals surface area contributed by atoms with Crippen molar-refractivity contribution < 1.29 is 27.1 Å². The Kier molecular flexibility index (Phi) is 4.45. The maximum Gasteiger partial charge on any atom is 0.364 e. The second-order valence-corrected chi connectivity index (χ2v) is 6.35. The number of halogens is 4. The van der Waals surface area contributed by atoms with E-state index in [1.807, 2.05) is 0 Å². The van der Waals surface area contributed by atoms with Crippen molar-refractivity contribution in [3.8, 4) is 0 Å². The average Bonchev–Trinajstić information content (AvgIpc) is 2.38. The minimum Gasteiger partial charge on any atom is -0.375 e. The lowest BCUT2D eigenvalue weighted by Crippen LogP contribution is -2.49. The van der Waals surface area contributed by atoms with Crippen molar-refractivity contribution in [1.29, 1.82) is 0 Å². The Morgan fingerprint density at radius 2 is 1.95 bits per heavy atom. The van der Waals surface area contributed by atoms with E-state index in [4.69, 9.17) is 4.74 Å². The highest BCUT2D eigenvalue weighted by atomic mass is 32.2. The van der Waals surface area contributed by atoms with Crippen LogP contribution < -0.4 is 0 Å². The summed E-state index contributed by atoms with van der Waals surface area (Å²) in [7, 11) is 0. The van der Waals surface area contributed by atoms with Crippen molar-refractivity contribution in [2.75, 3.05) is 18.1 Å². The van der Waals surface area contributed by atoms with Gasteiger partial charge >= 0.3 is 12.3 Å². The molecule has 2 rings (SSSR count). The van der Waals surface area contributed by atoms with Crippen LogP contribution in [0.2, 0.25) is 0 Å². The van der Waals surface area contributed by atoms with Gasteiger partial charge in [-0.2, -0.15) is 20.5 Å². The van der Waals surface area contributed by atoms with Crippen molar-refractivity contribution in [2.24, 2.45) is 5.92 Å². The molecule has 7 heteroatoms. The molecule has 2 saturated heterocycles. The minimum absolute atomic E-state index is 0.107. The molecule has 1 atom stereocenters. The number of carbonyl (C=O) groups excluding carboxylic acids is 1. The van der Waals surface area contributed by atoms with Gasteiger partial charge in [-0.15, -0.1) is 0 Å². The van der Waals surface area contributed by atoms with Gasteiger partial charge in [0.1, 0.15) is 0 Å². The molecule has 19 heavy (non-hydrogen) atoms. The van der Waals surface area contributed by atoms with Crippen LogP contribution in [0.3, 0.4) is 0 Å². The average molecular weight is 300 g/mol. The number of Topliss-reactive ketones (excluding diaryl/α,β-unsaturated/α-hetero) is 1. The van der Waals surface area contributed by atoms with Crippen LogP contribution in [0.1, 0.15) is 25.7 Å². The lowest BCUT2D eigenvalue weighted by molar-refractivity contribution is -0.180. The van der Waals surface area contributed by atoms with Crippen LogP contribution in [0.25, 0.3) is 0 Å². The molecule has 0 bridgehead atoms. The largest absolute Gasteiger partial charge is 0.375 e. The minimum atomic E-state index is -4.54. The summed E-state index contributed by atoms with van der Waals surface area (Å²) >= 11 is 1.75. The Hall–Kier alpha value is -0.300. The number of alkyl halides is 4. The molecule has 110 valence electrons. The number of ketones is 1. The summed E-state index contributed by atoms with van der Waals surface area (Å²) in [5.74, 6) is -5.46. The summed E-state index contributed by atoms with van der Waals surface area (Å²) in [6.45, 7) is 0.195. The van der Waals surface area contributed by atoms with Crippen LogP contribution in [-0.2, 0) is 9.53 Å². The predicted molar refractivity (Wildman–Crippen MR) is 63.9 cm³/mol. The van der Waals surface area contributed by atoms with Crippen molar-refractivity contribution in [2.45, 2.75) is 43.6 Å². The number of hydrogen-bond acceptors (Lipinski definition) is 3. The van der Waals surface area contributed by atoms with Gasteiger partial charge in [-0.25, -0.2) is 8.78 Å².